The van der Waals surface area contributed by atoms with Crippen LogP contribution >= 0.6 is 0 Å². The molecular weight excluding hydrogens is 242 g/mol. The maximum atomic E-state index is 12.5. The van der Waals surface area contributed by atoms with Gasteiger partial charge in [-0.05, 0) is 25.3 Å². The van der Waals surface area contributed by atoms with Crippen molar-refractivity contribution in [2.75, 3.05) is 33.4 Å². The normalized spacial score (nSPS) is 23.6. The van der Waals surface area contributed by atoms with Crippen molar-refractivity contribution in [1.29, 1.82) is 0 Å². The van der Waals surface area contributed by atoms with Gasteiger partial charge in [0.2, 0.25) is 5.91 Å². The zero-order chi connectivity index (χ0) is 13.5. The number of nitrogens with two attached hydrogens (primary N) is 1. The number of alkyl halides is 2. The van der Waals surface area contributed by atoms with E-state index in [0.717, 1.165) is 19.3 Å². The molecule has 4 nitrogen and oxygen atoms in total. The van der Waals surface area contributed by atoms with E-state index in [1.807, 2.05) is 0 Å². The van der Waals surface area contributed by atoms with E-state index in [1.165, 1.54) is 12.0 Å². The van der Waals surface area contributed by atoms with Crippen molar-refractivity contribution in [3.63, 3.8) is 0 Å². The van der Waals surface area contributed by atoms with Crippen LogP contribution in [0.5, 0.6) is 0 Å². The first kappa shape index (κ1) is 15.3. The van der Waals surface area contributed by atoms with Gasteiger partial charge in [0.25, 0.3) is 6.43 Å². The van der Waals surface area contributed by atoms with Crippen LogP contribution in [0.4, 0.5) is 8.78 Å². The maximum absolute atomic E-state index is 12.5. The Morgan fingerprint density at radius 1 is 1.50 bits per heavy atom. The van der Waals surface area contributed by atoms with Gasteiger partial charge in [0.15, 0.2) is 0 Å². The maximum Gasteiger partial charge on any atom is 0.255 e. The lowest BCUT2D eigenvalue weighted by Gasteiger charge is -2.27. The predicted octanol–water partition coefficient (Wildman–Crippen LogP) is 1.10. The molecule has 0 spiro atoms. The quantitative estimate of drug-likeness (QED) is 0.749. The van der Waals surface area contributed by atoms with Crippen molar-refractivity contribution in [2.24, 2.45) is 17.6 Å². The standard InChI is InChI=1S/C12H22F2N2O2/c1-18-6-5-16(8-11(13)14)12(17)10-4-2-3-9(10)7-15/h9-11H,2-8,15H2,1H3/t9-,10-/m1/s1. The average Bonchev–Trinajstić information content (AvgIpc) is 2.81. The summed E-state index contributed by atoms with van der Waals surface area (Å²) >= 11 is 0. The second-order valence-corrected chi connectivity index (χ2v) is 4.70. The van der Waals surface area contributed by atoms with Gasteiger partial charge < -0.3 is 15.4 Å². The van der Waals surface area contributed by atoms with Crippen molar-refractivity contribution < 1.29 is 18.3 Å². The lowest BCUT2D eigenvalue weighted by molar-refractivity contribution is -0.139. The molecule has 1 fully saturated rings. The summed E-state index contributed by atoms with van der Waals surface area (Å²) < 4.78 is 29.8. The Morgan fingerprint density at radius 3 is 2.78 bits per heavy atom. The van der Waals surface area contributed by atoms with E-state index in [2.05, 4.69) is 0 Å². The van der Waals surface area contributed by atoms with Crippen molar-refractivity contribution in [3.8, 4) is 0 Å². The average molecular weight is 264 g/mol. The van der Waals surface area contributed by atoms with Crippen molar-refractivity contribution in [1.82, 2.24) is 4.90 Å². The molecule has 106 valence electrons. The van der Waals surface area contributed by atoms with E-state index in [-0.39, 0.29) is 30.9 Å². The highest BCUT2D eigenvalue weighted by Gasteiger charge is 2.35. The highest BCUT2D eigenvalue weighted by atomic mass is 19.3. The molecule has 6 heteroatoms. The van der Waals surface area contributed by atoms with Gasteiger partial charge in [0, 0.05) is 19.6 Å². The Hall–Kier alpha value is -0.750. The number of halogens is 2. The minimum Gasteiger partial charge on any atom is -0.383 e. The SMILES string of the molecule is COCCN(CC(F)F)C(=O)[C@@H]1CCC[C@@H]1CN. The molecule has 2 N–H and O–H groups in total. The van der Waals surface area contributed by atoms with E-state index in [0.29, 0.717) is 6.54 Å². The second kappa shape index (κ2) is 7.63. The molecule has 0 saturated heterocycles. The van der Waals surface area contributed by atoms with Gasteiger partial charge in [-0.1, -0.05) is 6.42 Å². The van der Waals surface area contributed by atoms with Gasteiger partial charge in [0.05, 0.1) is 13.2 Å². The molecule has 1 aliphatic carbocycles. The van der Waals surface area contributed by atoms with Crippen LogP contribution in [0, 0.1) is 11.8 Å². The first-order valence-electron chi connectivity index (χ1n) is 6.36. The van der Waals surface area contributed by atoms with Crippen LogP contribution in [0.25, 0.3) is 0 Å². The number of rotatable bonds is 7. The van der Waals surface area contributed by atoms with Gasteiger partial charge in [-0.2, -0.15) is 0 Å². The summed E-state index contributed by atoms with van der Waals surface area (Å²) in [7, 11) is 1.49. The third-order valence-electron chi connectivity index (χ3n) is 3.51. The van der Waals surface area contributed by atoms with E-state index < -0.39 is 13.0 Å². The number of carbonyl (C=O) groups excluding carboxylic acids is 1. The molecule has 1 aliphatic rings. The molecule has 0 radical (unpaired) electrons. The smallest absolute Gasteiger partial charge is 0.255 e. The number of ether oxygens (including phenoxy) is 1. The Kier molecular flexibility index (Phi) is 6.49. The summed E-state index contributed by atoms with van der Waals surface area (Å²) in [6.07, 6.45) is 0.113. The lowest BCUT2D eigenvalue weighted by atomic mass is 9.94. The van der Waals surface area contributed by atoms with Crippen molar-refractivity contribution >= 4 is 5.91 Å². The third kappa shape index (κ3) is 4.17. The molecule has 18 heavy (non-hydrogen) atoms. The van der Waals surface area contributed by atoms with Crippen LogP contribution in [-0.2, 0) is 9.53 Å². The fraction of sp³-hybridized carbons (Fsp3) is 0.917. The van der Waals surface area contributed by atoms with Gasteiger partial charge in [0.1, 0.15) is 0 Å². The Bertz CT molecular complexity index is 264. The molecule has 1 saturated carbocycles. The van der Waals surface area contributed by atoms with Crippen LogP contribution in [0.15, 0.2) is 0 Å². The number of carbonyl (C=O) groups is 1. The summed E-state index contributed by atoms with van der Waals surface area (Å²) in [6.45, 7) is 0.422. The number of methoxy groups -OCH3 is 1. The van der Waals surface area contributed by atoms with Crippen LogP contribution in [0.1, 0.15) is 19.3 Å². The highest BCUT2D eigenvalue weighted by molar-refractivity contribution is 5.79. The summed E-state index contributed by atoms with van der Waals surface area (Å²) in [5.74, 6) is -0.244. The lowest BCUT2D eigenvalue weighted by Crippen LogP contribution is -2.43. The Balaban J connectivity index is 2.62. The first-order valence-corrected chi connectivity index (χ1v) is 6.36. The van der Waals surface area contributed by atoms with Crippen molar-refractivity contribution in [3.05, 3.63) is 0 Å². The third-order valence-corrected chi connectivity index (χ3v) is 3.51. The van der Waals surface area contributed by atoms with Crippen LogP contribution in [0.2, 0.25) is 0 Å². The minimum atomic E-state index is -2.51. The molecule has 0 aromatic rings. The monoisotopic (exact) mass is 264 g/mol. The first-order chi connectivity index (χ1) is 8.60. The van der Waals surface area contributed by atoms with Crippen LogP contribution in [0.3, 0.4) is 0 Å². The van der Waals surface area contributed by atoms with E-state index in [9.17, 15) is 13.6 Å². The molecular formula is C12H22F2N2O2. The fourth-order valence-electron chi connectivity index (χ4n) is 2.54. The fourth-order valence-corrected chi connectivity index (χ4v) is 2.54. The largest absolute Gasteiger partial charge is 0.383 e. The molecule has 0 heterocycles. The number of amides is 1. The second-order valence-electron chi connectivity index (χ2n) is 4.70. The Labute approximate surface area is 106 Å². The summed E-state index contributed by atoms with van der Waals surface area (Å²) in [4.78, 5) is 13.5. The molecule has 0 bridgehead atoms. The molecule has 1 amide bonds. The summed E-state index contributed by atoms with van der Waals surface area (Å²) in [5.41, 5.74) is 5.62. The van der Waals surface area contributed by atoms with Crippen LogP contribution in [-0.4, -0.2) is 50.6 Å². The van der Waals surface area contributed by atoms with E-state index in [1.54, 1.807) is 0 Å². The summed E-state index contributed by atoms with van der Waals surface area (Å²) in [6, 6.07) is 0. The minimum absolute atomic E-state index is 0.139. The zero-order valence-electron chi connectivity index (χ0n) is 10.8. The Morgan fingerprint density at radius 2 is 2.22 bits per heavy atom. The predicted molar refractivity (Wildman–Crippen MR) is 64.3 cm³/mol. The molecule has 1 rings (SSSR count). The van der Waals surface area contributed by atoms with Gasteiger partial charge >= 0.3 is 0 Å². The van der Waals surface area contributed by atoms with Gasteiger partial charge in [-0.3, -0.25) is 4.79 Å². The zero-order valence-corrected chi connectivity index (χ0v) is 10.8. The van der Waals surface area contributed by atoms with Gasteiger partial charge in [-0.25, -0.2) is 8.78 Å². The molecule has 0 aliphatic heterocycles. The van der Waals surface area contributed by atoms with Crippen LogP contribution < -0.4 is 5.73 Å². The number of hydrogen-bond donors (Lipinski definition) is 1. The van der Waals surface area contributed by atoms with Crippen molar-refractivity contribution in [2.45, 2.75) is 25.7 Å². The van der Waals surface area contributed by atoms with Gasteiger partial charge in [-0.15, -0.1) is 0 Å². The van der Waals surface area contributed by atoms with E-state index in [4.69, 9.17) is 10.5 Å². The summed E-state index contributed by atoms with van der Waals surface area (Å²) in [5, 5.41) is 0. The molecule has 0 aromatic heterocycles. The number of nitrogens with zero attached hydrogens (tertiary/aromatic N) is 1. The highest BCUT2D eigenvalue weighted by Crippen LogP contribution is 2.32. The van der Waals surface area contributed by atoms with E-state index >= 15 is 0 Å². The molecule has 0 aromatic carbocycles. The molecule has 0 unspecified atom stereocenters. The topological polar surface area (TPSA) is 55.6 Å². The molecule has 2 atom stereocenters. The number of hydrogen-bond acceptors (Lipinski definition) is 3.